The molecule has 0 aliphatic carbocycles. The van der Waals surface area contributed by atoms with Gasteiger partial charge in [-0.3, -0.25) is 5.84 Å². The maximum absolute atomic E-state index is 5.73. The van der Waals surface area contributed by atoms with Gasteiger partial charge in [-0.05, 0) is 12.3 Å². The van der Waals surface area contributed by atoms with Crippen molar-refractivity contribution in [3.8, 4) is 0 Å². The Labute approximate surface area is 69.9 Å². The van der Waals surface area contributed by atoms with E-state index in [4.69, 9.17) is 5.84 Å². The summed E-state index contributed by atoms with van der Waals surface area (Å²) < 4.78 is 0. The third-order valence-electron chi connectivity index (χ3n) is 2.33. The van der Waals surface area contributed by atoms with Crippen LogP contribution in [0.1, 0.15) is 33.6 Å². The second-order valence-electron chi connectivity index (χ2n) is 2.99. The van der Waals surface area contributed by atoms with Crippen molar-refractivity contribution in [3.63, 3.8) is 0 Å². The van der Waals surface area contributed by atoms with E-state index in [2.05, 4.69) is 26.2 Å². The molecule has 3 N–H and O–H groups in total. The summed E-state index contributed by atoms with van der Waals surface area (Å²) in [5.74, 6) is 6.38. The second-order valence-corrected chi connectivity index (χ2v) is 2.99. The lowest BCUT2D eigenvalue weighted by molar-refractivity contribution is 0.0945. The highest BCUT2D eigenvalue weighted by Gasteiger charge is 2.17. The first kappa shape index (κ1) is 10.9. The zero-order chi connectivity index (χ0) is 8.85. The Morgan fingerprint density at radius 2 is 1.91 bits per heavy atom. The van der Waals surface area contributed by atoms with Crippen LogP contribution in [0.3, 0.4) is 0 Å². The van der Waals surface area contributed by atoms with Gasteiger partial charge in [-0.25, -0.2) is 5.43 Å². The Morgan fingerprint density at radius 3 is 2.18 bits per heavy atom. The number of nitrogens with two attached hydrogens (primary N) is 1. The molecule has 0 radical (unpaired) electrons. The van der Waals surface area contributed by atoms with Crippen LogP contribution in [0.25, 0.3) is 0 Å². The molecule has 2 atom stereocenters. The Hall–Kier alpha value is -0.120. The quantitative estimate of drug-likeness (QED) is 0.466. The van der Waals surface area contributed by atoms with Crippen LogP contribution in [-0.2, 0) is 0 Å². The number of nitrogens with one attached hydrogen (secondary N) is 1. The van der Waals surface area contributed by atoms with Crippen molar-refractivity contribution in [2.45, 2.75) is 39.7 Å². The Bertz CT molecular complexity index is 85.3. The smallest absolute Gasteiger partial charge is 0.0420 e. The monoisotopic (exact) mass is 159 g/mol. The number of hydrogen-bond donors (Lipinski definition) is 2. The van der Waals surface area contributed by atoms with Crippen LogP contribution >= 0.6 is 0 Å². The van der Waals surface area contributed by atoms with Gasteiger partial charge in [0, 0.05) is 13.1 Å². The summed E-state index contributed by atoms with van der Waals surface area (Å²) in [7, 11) is 1.85. The van der Waals surface area contributed by atoms with Gasteiger partial charge in [0.25, 0.3) is 0 Å². The van der Waals surface area contributed by atoms with Crippen LogP contribution in [-0.4, -0.2) is 18.2 Å². The molecule has 0 spiro atoms. The summed E-state index contributed by atoms with van der Waals surface area (Å²) in [6.07, 6.45) is 2.26. The molecule has 0 aliphatic heterocycles. The van der Waals surface area contributed by atoms with E-state index in [1.54, 1.807) is 5.12 Å². The van der Waals surface area contributed by atoms with E-state index in [1.165, 1.54) is 6.42 Å². The van der Waals surface area contributed by atoms with Gasteiger partial charge in [-0.15, -0.1) is 0 Å². The predicted molar refractivity (Wildman–Crippen MR) is 48.6 cm³/mol. The van der Waals surface area contributed by atoms with Crippen LogP contribution in [0.2, 0.25) is 0 Å². The number of hydrazine groups is 2. The maximum atomic E-state index is 5.73. The molecular formula is C8H21N3. The second kappa shape index (κ2) is 5.52. The van der Waals surface area contributed by atoms with Crippen LogP contribution in [0.5, 0.6) is 0 Å². The topological polar surface area (TPSA) is 41.3 Å². The lowest BCUT2D eigenvalue weighted by Crippen LogP contribution is -2.51. The number of rotatable bonds is 5. The molecular weight excluding hydrogens is 138 g/mol. The molecule has 0 fully saturated rings. The van der Waals surface area contributed by atoms with Crippen molar-refractivity contribution in [2.75, 3.05) is 7.05 Å². The van der Waals surface area contributed by atoms with E-state index >= 15 is 0 Å². The van der Waals surface area contributed by atoms with Crippen LogP contribution < -0.4 is 11.3 Å². The summed E-state index contributed by atoms with van der Waals surface area (Å²) >= 11 is 0. The SMILES string of the molecule is CCC(C)C(CC)N(N)NC. The van der Waals surface area contributed by atoms with E-state index in [9.17, 15) is 0 Å². The molecule has 0 aromatic rings. The molecule has 68 valence electrons. The van der Waals surface area contributed by atoms with Gasteiger partial charge in [0.05, 0.1) is 0 Å². The van der Waals surface area contributed by atoms with Gasteiger partial charge >= 0.3 is 0 Å². The fraction of sp³-hybridized carbons (Fsp3) is 1.00. The lowest BCUT2D eigenvalue weighted by atomic mass is 9.97. The minimum Gasteiger partial charge on any atom is -0.255 e. The molecule has 3 heteroatoms. The van der Waals surface area contributed by atoms with Gasteiger partial charge in [0.2, 0.25) is 0 Å². The first-order valence-corrected chi connectivity index (χ1v) is 4.38. The molecule has 0 saturated carbocycles. The Balaban J connectivity index is 3.92. The molecule has 0 aromatic carbocycles. The van der Waals surface area contributed by atoms with Gasteiger partial charge < -0.3 is 0 Å². The van der Waals surface area contributed by atoms with E-state index < -0.39 is 0 Å². The molecule has 11 heavy (non-hydrogen) atoms. The van der Waals surface area contributed by atoms with Gasteiger partial charge in [0.1, 0.15) is 0 Å². The van der Waals surface area contributed by atoms with Crippen molar-refractivity contribution in [3.05, 3.63) is 0 Å². The predicted octanol–water partition coefficient (Wildman–Crippen LogP) is 1.12. The molecule has 2 unspecified atom stereocenters. The van der Waals surface area contributed by atoms with Crippen molar-refractivity contribution < 1.29 is 0 Å². The highest BCUT2D eigenvalue weighted by molar-refractivity contribution is 4.68. The lowest BCUT2D eigenvalue weighted by Gasteiger charge is -2.29. The van der Waals surface area contributed by atoms with E-state index in [0.717, 1.165) is 6.42 Å². The van der Waals surface area contributed by atoms with Crippen molar-refractivity contribution in [2.24, 2.45) is 11.8 Å². The van der Waals surface area contributed by atoms with Crippen molar-refractivity contribution in [1.82, 2.24) is 10.5 Å². The largest absolute Gasteiger partial charge is 0.255 e. The molecule has 0 rings (SSSR count). The third kappa shape index (κ3) is 3.18. The first-order chi connectivity index (χ1) is 5.17. The molecule has 0 bridgehead atoms. The minimum absolute atomic E-state index is 0.449. The van der Waals surface area contributed by atoms with Gasteiger partial charge in [-0.1, -0.05) is 27.2 Å². The normalized spacial score (nSPS) is 16.9. The molecule has 3 nitrogen and oxygen atoms in total. The van der Waals surface area contributed by atoms with Gasteiger partial charge in [-0.2, -0.15) is 5.12 Å². The average molecular weight is 159 g/mol. The van der Waals surface area contributed by atoms with E-state index in [0.29, 0.717) is 12.0 Å². The Kier molecular flexibility index (Phi) is 5.46. The van der Waals surface area contributed by atoms with Crippen LogP contribution in [0.15, 0.2) is 0 Å². The highest BCUT2D eigenvalue weighted by atomic mass is 15.7. The van der Waals surface area contributed by atoms with Crippen LogP contribution in [0, 0.1) is 5.92 Å². The third-order valence-corrected chi connectivity index (χ3v) is 2.33. The fourth-order valence-corrected chi connectivity index (χ4v) is 1.31. The molecule has 0 saturated heterocycles. The van der Waals surface area contributed by atoms with Crippen molar-refractivity contribution >= 4 is 0 Å². The zero-order valence-corrected chi connectivity index (χ0v) is 8.09. The zero-order valence-electron chi connectivity index (χ0n) is 8.09. The molecule has 0 heterocycles. The summed E-state index contributed by atoms with van der Waals surface area (Å²) in [6.45, 7) is 6.58. The summed E-state index contributed by atoms with van der Waals surface area (Å²) in [5.41, 5.74) is 2.94. The highest BCUT2D eigenvalue weighted by Crippen LogP contribution is 2.13. The summed E-state index contributed by atoms with van der Waals surface area (Å²) in [5, 5.41) is 1.70. The standard InChI is InChI=1S/C8H21N3/c1-5-7(3)8(6-2)11(9)10-4/h7-8,10H,5-6,9H2,1-4H3. The maximum Gasteiger partial charge on any atom is 0.0420 e. The van der Waals surface area contributed by atoms with Crippen molar-refractivity contribution in [1.29, 1.82) is 0 Å². The Morgan fingerprint density at radius 1 is 1.36 bits per heavy atom. The first-order valence-electron chi connectivity index (χ1n) is 4.38. The van der Waals surface area contributed by atoms with Crippen LogP contribution in [0.4, 0.5) is 0 Å². The number of hydrogen-bond acceptors (Lipinski definition) is 3. The molecule has 0 aliphatic rings. The fourth-order valence-electron chi connectivity index (χ4n) is 1.31. The number of nitrogens with zero attached hydrogens (tertiary/aromatic N) is 1. The minimum atomic E-state index is 0.449. The average Bonchev–Trinajstić information content (AvgIpc) is 2.05. The summed E-state index contributed by atoms with van der Waals surface area (Å²) in [4.78, 5) is 0. The van der Waals surface area contributed by atoms with E-state index in [1.807, 2.05) is 7.05 Å². The van der Waals surface area contributed by atoms with E-state index in [-0.39, 0.29) is 0 Å². The summed E-state index contributed by atoms with van der Waals surface area (Å²) in [6, 6.07) is 0.449. The molecule has 0 amide bonds. The van der Waals surface area contributed by atoms with Gasteiger partial charge in [0.15, 0.2) is 0 Å². The molecule has 0 aromatic heterocycles.